The van der Waals surface area contributed by atoms with Gasteiger partial charge in [0.05, 0.1) is 12.2 Å². The van der Waals surface area contributed by atoms with Gasteiger partial charge in [0.1, 0.15) is 0 Å². The lowest BCUT2D eigenvalue weighted by molar-refractivity contribution is 0.0217. The van der Waals surface area contributed by atoms with E-state index in [1.54, 1.807) is 0 Å². The van der Waals surface area contributed by atoms with Crippen LogP contribution in [0.3, 0.4) is 0 Å². The summed E-state index contributed by atoms with van der Waals surface area (Å²) >= 11 is 0. The summed E-state index contributed by atoms with van der Waals surface area (Å²) in [6, 6.07) is 8.13. The van der Waals surface area contributed by atoms with Gasteiger partial charge in [-0.15, -0.1) is 0 Å². The molecular weight excluding hydrogens is 164 g/mol. The van der Waals surface area contributed by atoms with Crippen molar-refractivity contribution in [2.75, 3.05) is 0 Å². The number of hydrogen-bond donors (Lipinski definition) is 2. The molecule has 1 aromatic carbocycles. The van der Waals surface area contributed by atoms with Crippen LogP contribution in [0.15, 0.2) is 24.3 Å². The van der Waals surface area contributed by atoms with Crippen LogP contribution in [0.5, 0.6) is 0 Å². The lowest BCUT2D eigenvalue weighted by Gasteiger charge is -2.24. The van der Waals surface area contributed by atoms with Gasteiger partial charge in [0.25, 0.3) is 0 Å². The van der Waals surface area contributed by atoms with Crippen molar-refractivity contribution in [2.24, 2.45) is 0 Å². The molecule has 1 fully saturated rings. The highest BCUT2D eigenvalue weighted by Gasteiger charge is 2.49. The van der Waals surface area contributed by atoms with E-state index in [1.165, 1.54) is 11.1 Å². The van der Waals surface area contributed by atoms with E-state index in [2.05, 4.69) is 12.1 Å². The Morgan fingerprint density at radius 1 is 0.923 bits per heavy atom. The lowest BCUT2D eigenvalue weighted by atomic mass is 9.88. The molecule has 1 saturated carbocycles. The first-order chi connectivity index (χ1) is 6.29. The van der Waals surface area contributed by atoms with E-state index >= 15 is 0 Å². The Labute approximate surface area is 76.8 Å². The fraction of sp³-hybridized carbons (Fsp3) is 0.455. The minimum atomic E-state index is -0.542. The lowest BCUT2D eigenvalue weighted by Crippen LogP contribution is -2.30. The van der Waals surface area contributed by atoms with E-state index in [-0.39, 0.29) is 11.8 Å². The number of fused-ring (bicyclic) bond motifs is 5. The van der Waals surface area contributed by atoms with Crippen LogP contribution in [-0.4, -0.2) is 22.4 Å². The van der Waals surface area contributed by atoms with E-state index in [9.17, 15) is 10.2 Å². The summed E-state index contributed by atoms with van der Waals surface area (Å²) in [6.07, 6.45) is -0.165. The Morgan fingerprint density at radius 2 is 1.38 bits per heavy atom. The molecule has 1 aromatic rings. The molecule has 0 saturated heterocycles. The van der Waals surface area contributed by atoms with Crippen molar-refractivity contribution in [3.05, 3.63) is 35.4 Å². The number of hydrogen-bond acceptors (Lipinski definition) is 2. The number of aliphatic hydroxyl groups is 2. The van der Waals surface area contributed by atoms with Crippen molar-refractivity contribution in [3.63, 3.8) is 0 Å². The van der Waals surface area contributed by atoms with Crippen LogP contribution in [0.25, 0.3) is 0 Å². The van der Waals surface area contributed by atoms with Crippen LogP contribution < -0.4 is 0 Å². The van der Waals surface area contributed by atoms with Crippen molar-refractivity contribution in [1.29, 1.82) is 0 Å². The molecule has 0 radical (unpaired) electrons. The van der Waals surface area contributed by atoms with Crippen molar-refractivity contribution in [2.45, 2.75) is 30.5 Å². The van der Waals surface area contributed by atoms with Crippen LogP contribution >= 0.6 is 0 Å². The van der Waals surface area contributed by atoms with E-state index in [0.717, 1.165) is 6.42 Å². The Hall–Kier alpha value is -0.860. The molecule has 0 aromatic heterocycles. The minimum Gasteiger partial charge on any atom is -0.390 e. The van der Waals surface area contributed by atoms with E-state index in [0.29, 0.717) is 0 Å². The summed E-state index contributed by atoms with van der Waals surface area (Å²) in [7, 11) is 0. The summed E-state index contributed by atoms with van der Waals surface area (Å²) in [5.74, 6) is 0.354. The maximum Gasteiger partial charge on any atom is 0.0873 e. The second-order valence-electron chi connectivity index (χ2n) is 4.06. The topological polar surface area (TPSA) is 40.5 Å². The third kappa shape index (κ3) is 0.798. The summed E-state index contributed by atoms with van der Waals surface area (Å²) in [5.41, 5.74) is 2.48. The van der Waals surface area contributed by atoms with E-state index in [1.807, 2.05) is 12.1 Å². The predicted octanol–water partition coefficient (Wildman–Crippen LogP) is 0.993. The zero-order valence-corrected chi connectivity index (χ0v) is 7.22. The molecule has 68 valence electrons. The zero-order valence-electron chi connectivity index (χ0n) is 7.22. The second kappa shape index (κ2) is 2.34. The zero-order chi connectivity index (χ0) is 9.00. The fourth-order valence-corrected chi connectivity index (χ4v) is 2.84. The maximum absolute atomic E-state index is 9.68. The highest BCUT2D eigenvalue weighted by atomic mass is 16.3. The molecule has 0 heterocycles. The third-order valence-electron chi connectivity index (χ3n) is 3.48. The molecule has 2 N–H and O–H groups in total. The normalized spacial score (nSPS) is 40.8. The van der Waals surface area contributed by atoms with Gasteiger partial charge in [0.2, 0.25) is 0 Å². The van der Waals surface area contributed by atoms with Crippen LogP contribution in [0.1, 0.15) is 29.4 Å². The molecule has 2 aliphatic rings. The summed E-state index contributed by atoms with van der Waals surface area (Å²) < 4.78 is 0. The number of aliphatic hydroxyl groups excluding tert-OH is 2. The van der Waals surface area contributed by atoms with Gasteiger partial charge in [0.15, 0.2) is 0 Å². The molecule has 2 heteroatoms. The van der Waals surface area contributed by atoms with Crippen molar-refractivity contribution >= 4 is 0 Å². The number of rotatable bonds is 0. The standard InChI is InChI=1S/C11H12O2/c12-10-8-5-9(11(10)13)7-4-2-1-3-6(7)8/h1-4,8-13H,5H2/t8?,9?,10-,11?/m0/s1. The quantitative estimate of drug-likeness (QED) is 0.619. The molecule has 2 bridgehead atoms. The average Bonchev–Trinajstić information content (AvgIpc) is 2.66. The molecule has 13 heavy (non-hydrogen) atoms. The molecule has 4 atom stereocenters. The van der Waals surface area contributed by atoms with Gasteiger partial charge in [-0.1, -0.05) is 24.3 Å². The smallest absolute Gasteiger partial charge is 0.0873 e. The van der Waals surface area contributed by atoms with Gasteiger partial charge < -0.3 is 10.2 Å². The van der Waals surface area contributed by atoms with Gasteiger partial charge in [-0.2, -0.15) is 0 Å². The highest BCUT2D eigenvalue weighted by Crippen LogP contribution is 2.52. The van der Waals surface area contributed by atoms with Crippen molar-refractivity contribution < 1.29 is 10.2 Å². The molecule has 0 aliphatic heterocycles. The Morgan fingerprint density at radius 3 is 1.85 bits per heavy atom. The van der Waals surface area contributed by atoms with E-state index in [4.69, 9.17) is 0 Å². The van der Waals surface area contributed by atoms with Crippen LogP contribution in [0, 0.1) is 0 Å². The maximum atomic E-state index is 9.68. The minimum absolute atomic E-state index is 0.177. The molecule has 2 aliphatic carbocycles. The molecule has 3 rings (SSSR count). The highest BCUT2D eigenvalue weighted by molar-refractivity contribution is 5.43. The third-order valence-corrected chi connectivity index (χ3v) is 3.48. The first-order valence-corrected chi connectivity index (χ1v) is 4.74. The average molecular weight is 176 g/mol. The first-order valence-electron chi connectivity index (χ1n) is 4.74. The Balaban J connectivity index is 2.16. The first kappa shape index (κ1) is 7.54. The van der Waals surface area contributed by atoms with Gasteiger partial charge in [-0.05, 0) is 17.5 Å². The number of benzene rings is 1. The largest absolute Gasteiger partial charge is 0.390 e. The van der Waals surface area contributed by atoms with Crippen LogP contribution in [0.2, 0.25) is 0 Å². The summed E-state index contributed by atoms with van der Waals surface area (Å²) in [5, 5.41) is 19.4. The Bertz CT molecular complexity index is 315. The van der Waals surface area contributed by atoms with Gasteiger partial charge in [-0.3, -0.25) is 0 Å². The molecule has 0 amide bonds. The predicted molar refractivity (Wildman–Crippen MR) is 48.6 cm³/mol. The van der Waals surface area contributed by atoms with Crippen molar-refractivity contribution in [3.8, 4) is 0 Å². The molecule has 3 unspecified atom stereocenters. The monoisotopic (exact) mass is 176 g/mol. The second-order valence-corrected chi connectivity index (χ2v) is 4.06. The van der Waals surface area contributed by atoms with Crippen LogP contribution in [0.4, 0.5) is 0 Å². The molecule has 2 nitrogen and oxygen atoms in total. The summed E-state index contributed by atoms with van der Waals surface area (Å²) in [6.45, 7) is 0. The molecule has 0 spiro atoms. The Kier molecular flexibility index (Phi) is 1.35. The van der Waals surface area contributed by atoms with Gasteiger partial charge >= 0.3 is 0 Å². The van der Waals surface area contributed by atoms with E-state index < -0.39 is 12.2 Å². The van der Waals surface area contributed by atoms with Gasteiger partial charge in [-0.25, -0.2) is 0 Å². The fourth-order valence-electron chi connectivity index (χ4n) is 2.84. The SMILES string of the molecule is OC1C2CC(c3ccccc32)[C@@H]1O. The van der Waals surface area contributed by atoms with Crippen molar-refractivity contribution in [1.82, 2.24) is 0 Å². The molecular formula is C11H12O2. The summed E-state index contributed by atoms with van der Waals surface area (Å²) in [4.78, 5) is 0. The van der Waals surface area contributed by atoms with Crippen LogP contribution in [-0.2, 0) is 0 Å². The van der Waals surface area contributed by atoms with Gasteiger partial charge in [0, 0.05) is 11.8 Å².